The SMILES string of the molecule is CCC(O)(CC)COc1cc(C)cc(C)c1C. The van der Waals surface area contributed by atoms with Crippen molar-refractivity contribution in [3.8, 4) is 5.75 Å². The molecule has 0 saturated carbocycles. The standard InChI is InChI=1S/C15H24O2/c1-6-15(16,7-2)10-17-14-9-11(3)8-12(4)13(14)5/h8-9,16H,6-7,10H2,1-5H3. The van der Waals surface area contributed by atoms with Crippen LogP contribution in [0.15, 0.2) is 12.1 Å². The van der Waals surface area contributed by atoms with Crippen LogP contribution in [0, 0.1) is 20.8 Å². The topological polar surface area (TPSA) is 29.5 Å². The summed E-state index contributed by atoms with van der Waals surface area (Å²) < 4.78 is 5.80. The van der Waals surface area contributed by atoms with Crippen molar-refractivity contribution < 1.29 is 9.84 Å². The summed E-state index contributed by atoms with van der Waals surface area (Å²) in [5.74, 6) is 0.892. The molecule has 1 N–H and O–H groups in total. The molecular weight excluding hydrogens is 212 g/mol. The number of rotatable bonds is 5. The number of aliphatic hydroxyl groups is 1. The van der Waals surface area contributed by atoms with E-state index in [2.05, 4.69) is 26.8 Å². The van der Waals surface area contributed by atoms with Gasteiger partial charge in [-0.05, 0) is 56.4 Å². The van der Waals surface area contributed by atoms with E-state index in [0.717, 1.165) is 11.3 Å². The summed E-state index contributed by atoms with van der Waals surface area (Å²) in [6.07, 6.45) is 1.43. The third-order valence-corrected chi connectivity index (χ3v) is 3.58. The molecule has 0 bridgehead atoms. The summed E-state index contributed by atoms with van der Waals surface area (Å²) >= 11 is 0. The van der Waals surface area contributed by atoms with E-state index in [0.29, 0.717) is 19.4 Å². The van der Waals surface area contributed by atoms with Crippen molar-refractivity contribution in [1.82, 2.24) is 0 Å². The van der Waals surface area contributed by atoms with E-state index in [4.69, 9.17) is 4.74 Å². The summed E-state index contributed by atoms with van der Waals surface area (Å²) in [6, 6.07) is 4.18. The van der Waals surface area contributed by atoms with Gasteiger partial charge in [-0.3, -0.25) is 0 Å². The Labute approximate surface area is 105 Å². The predicted octanol–water partition coefficient (Wildman–Crippen LogP) is 3.54. The van der Waals surface area contributed by atoms with Gasteiger partial charge in [0.05, 0.1) is 5.60 Å². The van der Waals surface area contributed by atoms with E-state index < -0.39 is 5.60 Å². The van der Waals surface area contributed by atoms with E-state index >= 15 is 0 Å². The second-order valence-corrected chi connectivity index (χ2v) is 4.93. The van der Waals surface area contributed by atoms with E-state index in [-0.39, 0.29) is 0 Å². The van der Waals surface area contributed by atoms with Crippen LogP contribution in [-0.2, 0) is 0 Å². The number of aryl methyl sites for hydroxylation is 2. The normalized spacial score (nSPS) is 11.6. The monoisotopic (exact) mass is 236 g/mol. The Balaban J connectivity index is 2.82. The van der Waals surface area contributed by atoms with Crippen molar-refractivity contribution in [2.75, 3.05) is 6.61 Å². The predicted molar refractivity (Wildman–Crippen MR) is 71.7 cm³/mol. The van der Waals surface area contributed by atoms with Gasteiger partial charge >= 0.3 is 0 Å². The summed E-state index contributed by atoms with van der Waals surface area (Å²) in [5.41, 5.74) is 2.88. The van der Waals surface area contributed by atoms with E-state index in [9.17, 15) is 5.11 Å². The molecule has 0 radical (unpaired) electrons. The van der Waals surface area contributed by atoms with Gasteiger partial charge in [-0.2, -0.15) is 0 Å². The van der Waals surface area contributed by atoms with Gasteiger partial charge in [0.1, 0.15) is 12.4 Å². The van der Waals surface area contributed by atoms with Crippen LogP contribution in [0.5, 0.6) is 5.75 Å². The summed E-state index contributed by atoms with van der Waals surface area (Å²) in [5, 5.41) is 10.2. The van der Waals surface area contributed by atoms with Gasteiger partial charge in [0, 0.05) is 0 Å². The maximum Gasteiger partial charge on any atom is 0.122 e. The van der Waals surface area contributed by atoms with Gasteiger partial charge in [0.25, 0.3) is 0 Å². The Morgan fingerprint density at radius 2 is 1.71 bits per heavy atom. The molecule has 0 heterocycles. The zero-order valence-electron chi connectivity index (χ0n) is 11.6. The van der Waals surface area contributed by atoms with E-state index in [1.54, 1.807) is 0 Å². The highest BCUT2D eigenvalue weighted by Crippen LogP contribution is 2.25. The molecule has 1 rings (SSSR count). The first-order valence-electron chi connectivity index (χ1n) is 6.35. The molecule has 0 aliphatic heterocycles. The lowest BCUT2D eigenvalue weighted by molar-refractivity contribution is -0.0115. The van der Waals surface area contributed by atoms with Crippen molar-refractivity contribution in [1.29, 1.82) is 0 Å². The maximum atomic E-state index is 10.2. The molecule has 1 aromatic rings. The van der Waals surface area contributed by atoms with Gasteiger partial charge in [-0.15, -0.1) is 0 Å². The highest BCUT2D eigenvalue weighted by Gasteiger charge is 2.23. The molecule has 0 aliphatic carbocycles. The molecule has 96 valence electrons. The summed E-state index contributed by atoms with van der Waals surface area (Å²) in [4.78, 5) is 0. The highest BCUT2D eigenvalue weighted by molar-refractivity contribution is 5.41. The zero-order chi connectivity index (χ0) is 13.1. The number of hydrogen-bond acceptors (Lipinski definition) is 2. The van der Waals surface area contributed by atoms with Crippen molar-refractivity contribution >= 4 is 0 Å². The first-order valence-corrected chi connectivity index (χ1v) is 6.35. The Bertz CT molecular complexity index is 379. The average molecular weight is 236 g/mol. The maximum absolute atomic E-state index is 10.2. The molecule has 0 atom stereocenters. The third-order valence-electron chi connectivity index (χ3n) is 3.58. The Kier molecular flexibility index (Phi) is 4.58. The quantitative estimate of drug-likeness (QED) is 0.847. The van der Waals surface area contributed by atoms with Gasteiger partial charge in [0.15, 0.2) is 0 Å². The van der Waals surface area contributed by atoms with E-state index in [1.165, 1.54) is 11.1 Å². The fraction of sp³-hybridized carbons (Fsp3) is 0.600. The molecule has 0 amide bonds. The number of benzene rings is 1. The lowest BCUT2D eigenvalue weighted by atomic mass is 9.99. The largest absolute Gasteiger partial charge is 0.490 e. The van der Waals surface area contributed by atoms with Crippen LogP contribution < -0.4 is 4.74 Å². The van der Waals surface area contributed by atoms with Crippen molar-refractivity contribution in [2.45, 2.75) is 53.1 Å². The first-order chi connectivity index (χ1) is 7.91. The molecule has 17 heavy (non-hydrogen) atoms. The Morgan fingerprint density at radius 3 is 2.24 bits per heavy atom. The lowest BCUT2D eigenvalue weighted by Gasteiger charge is -2.26. The van der Waals surface area contributed by atoms with Gasteiger partial charge in [-0.25, -0.2) is 0 Å². The zero-order valence-corrected chi connectivity index (χ0v) is 11.6. The minimum atomic E-state index is -0.704. The van der Waals surface area contributed by atoms with Gasteiger partial charge < -0.3 is 9.84 Å². The van der Waals surface area contributed by atoms with Crippen LogP contribution in [-0.4, -0.2) is 17.3 Å². The third kappa shape index (κ3) is 3.47. The smallest absolute Gasteiger partial charge is 0.122 e. The molecule has 0 saturated heterocycles. The lowest BCUT2D eigenvalue weighted by Crippen LogP contribution is -2.34. The number of hydrogen-bond donors (Lipinski definition) is 1. The average Bonchev–Trinajstić information content (AvgIpc) is 2.31. The van der Waals surface area contributed by atoms with Crippen LogP contribution in [0.1, 0.15) is 43.4 Å². The van der Waals surface area contributed by atoms with Crippen LogP contribution in [0.25, 0.3) is 0 Å². The van der Waals surface area contributed by atoms with Gasteiger partial charge in [-0.1, -0.05) is 19.9 Å². The Morgan fingerprint density at radius 1 is 1.12 bits per heavy atom. The Hall–Kier alpha value is -1.02. The molecule has 2 heteroatoms. The molecular formula is C15H24O2. The molecule has 0 aromatic heterocycles. The van der Waals surface area contributed by atoms with E-state index in [1.807, 2.05) is 19.9 Å². The van der Waals surface area contributed by atoms with Crippen LogP contribution >= 0.6 is 0 Å². The van der Waals surface area contributed by atoms with Gasteiger partial charge in [0.2, 0.25) is 0 Å². The minimum absolute atomic E-state index is 0.365. The second-order valence-electron chi connectivity index (χ2n) is 4.93. The summed E-state index contributed by atoms with van der Waals surface area (Å²) in [7, 11) is 0. The van der Waals surface area contributed by atoms with Crippen molar-refractivity contribution in [2.24, 2.45) is 0 Å². The number of ether oxygens (including phenoxy) is 1. The fourth-order valence-electron chi connectivity index (χ4n) is 1.82. The second kappa shape index (κ2) is 5.54. The molecule has 0 unspecified atom stereocenters. The molecule has 2 nitrogen and oxygen atoms in total. The highest BCUT2D eigenvalue weighted by atomic mass is 16.5. The summed E-state index contributed by atoms with van der Waals surface area (Å²) in [6.45, 7) is 10.5. The van der Waals surface area contributed by atoms with Crippen molar-refractivity contribution in [3.63, 3.8) is 0 Å². The molecule has 1 aromatic carbocycles. The van der Waals surface area contributed by atoms with Crippen molar-refractivity contribution in [3.05, 3.63) is 28.8 Å². The minimum Gasteiger partial charge on any atom is -0.490 e. The van der Waals surface area contributed by atoms with Crippen LogP contribution in [0.4, 0.5) is 0 Å². The molecule has 0 fully saturated rings. The molecule has 0 aliphatic rings. The van der Waals surface area contributed by atoms with Crippen LogP contribution in [0.2, 0.25) is 0 Å². The molecule has 0 spiro atoms. The fourth-order valence-corrected chi connectivity index (χ4v) is 1.82. The van der Waals surface area contributed by atoms with Crippen LogP contribution in [0.3, 0.4) is 0 Å². The first kappa shape index (κ1) is 14.0.